The Kier molecular flexibility index (Phi) is 5.13. The van der Waals surface area contributed by atoms with E-state index in [1.165, 1.54) is 0 Å². The molecule has 0 radical (unpaired) electrons. The number of hydrogen-bond acceptors (Lipinski definition) is 6. The molecule has 0 aliphatic carbocycles. The SMILES string of the molecule is CCOC(=O)[C@H]1CN(C)C2(SCCS2)[C@@H]1c1cc(C)n(C(F)F)n1. The van der Waals surface area contributed by atoms with E-state index in [0.29, 0.717) is 24.5 Å². The molecule has 2 fully saturated rings. The lowest BCUT2D eigenvalue weighted by atomic mass is 9.92. The van der Waals surface area contributed by atoms with Crippen LogP contribution in [0.4, 0.5) is 8.78 Å². The maximum absolute atomic E-state index is 13.1. The molecule has 0 amide bonds. The van der Waals surface area contributed by atoms with E-state index >= 15 is 0 Å². The van der Waals surface area contributed by atoms with Gasteiger partial charge in [0.25, 0.3) is 0 Å². The van der Waals surface area contributed by atoms with Crippen LogP contribution < -0.4 is 0 Å². The van der Waals surface area contributed by atoms with Crippen LogP contribution in [0.2, 0.25) is 0 Å². The lowest BCUT2D eigenvalue weighted by Gasteiger charge is -2.34. The summed E-state index contributed by atoms with van der Waals surface area (Å²) in [5, 5.41) is 4.14. The van der Waals surface area contributed by atoms with Crippen molar-refractivity contribution < 1.29 is 18.3 Å². The highest BCUT2D eigenvalue weighted by Crippen LogP contribution is 2.60. The van der Waals surface area contributed by atoms with Gasteiger partial charge in [-0.15, -0.1) is 23.5 Å². The highest BCUT2D eigenvalue weighted by molar-refractivity contribution is 8.21. The highest BCUT2D eigenvalue weighted by atomic mass is 32.2. The average molecular weight is 377 g/mol. The van der Waals surface area contributed by atoms with Crippen molar-refractivity contribution in [2.24, 2.45) is 5.92 Å². The van der Waals surface area contributed by atoms with Gasteiger partial charge >= 0.3 is 12.5 Å². The number of rotatable bonds is 4. The molecule has 24 heavy (non-hydrogen) atoms. The van der Waals surface area contributed by atoms with Gasteiger partial charge in [0.05, 0.1) is 24.1 Å². The number of aromatic nitrogens is 2. The number of ether oxygens (including phenoxy) is 1. The predicted octanol–water partition coefficient (Wildman–Crippen LogP) is 2.93. The molecule has 1 aromatic heterocycles. The number of carbonyl (C=O) groups excluding carboxylic acids is 1. The number of aryl methyl sites for hydroxylation is 1. The van der Waals surface area contributed by atoms with Crippen LogP contribution in [0.1, 0.15) is 30.8 Å². The van der Waals surface area contributed by atoms with E-state index in [1.54, 1.807) is 43.4 Å². The maximum atomic E-state index is 13.1. The monoisotopic (exact) mass is 377 g/mol. The van der Waals surface area contributed by atoms with Gasteiger partial charge in [-0.1, -0.05) is 0 Å². The second-order valence-electron chi connectivity index (χ2n) is 5.98. The average Bonchev–Trinajstić information content (AvgIpc) is 3.20. The number of nitrogens with zero attached hydrogens (tertiary/aromatic N) is 3. The molecule has 3 heterocycles. The molecule has 0 aromatic carbocycles. The van der Waals surface area contributed by atoms with Gasteiger partial charge < -0.3 is 4.74 Å². The first kappa shape index (κ1) is 18.0. The second-order valence-corrected chi connectivity index (χ2v) is 8.87. The fourth-order valence-corrected chi connectivity index (χ4v) is 7.16. The molecule has 0 saturated carbocycles. The first-order valence-corrected chi connectivity index (χ1v) is 9.87. The highest BCUT2D eigenvalue weighted by Gasteiger charge is 2.59. The van der Waals surface area contributed by atoms with E-state index in [4.69, 9.17) is 4.74 Å². The van der Waals surface area contributed by atoms with E-state index in [1.807, 2.05) is 7.05 Å². The largest absolute Gasteiger partial charge is 0.466 e. The summed E-state index contributed by atoms with van der Waals surface area (Å²) in [5.74, 6) is 1.00. The molecule has 0 bridgehead atoms. The smallest absolute Gasteiger partial charge is 0.333 e. The van der Waals surface area contributed by atoms with Crippen LogP contribution in [-0.4, -0.2) is 56.6 Å². The number of hydrogen-bond donors (Lipinski definition) is 0. The van der Waals surface area contributed by atoms with Gasteiger partial charge in [-0.25, -0.2) is 4.68 Å². The Morgan fingerprint density at radius 1 is 1.50 bits per heavy atom. The lowest BCUT2D eigenvalue weighted by Crippen LogP contribution is -2.37. The first-order valence-electron chi connectivity index (χ1n) is 7.90. The summed E-state index contributed by atoms with van der Waals surface area (Å²) in [6, 6.07) is 1.68. The number of carbonyl (C=O) groups is 1. The van der Waals surface area contributed by atoms with Crippen molar-refractivity contribution in [3.8, 4) is 0 Å². The van der Waals surface area contributed by atoms with E-state index in [-0.39, 0.29) is 16.1 Å². The summed E-state index contributed by atoms with van der Waals surface area (Å²) in [4.78, 5) is 14.6. The molecule has 1 aromatic rings. The zero-order valence-corrected chi connectivity index (χ0v) is 15.5. The van der Waals surface area contributed by atoms with Crippen molar-refractivity contribution in [1.82, 2.24) is 14.7 Å². The first-order chi connectivity index (χ1) is 11.4. The molecular formula is C15H21F2N3O2S2. The van der Waals surface area contributed by atoms with Gasteiger partial charge in [0, 0.05) is 23.7 Å². The van der Waals surface area contributed by atoms with Crippen LogP contribution >= 0.6 is 23.5 Å². The second kappa shape index (κ2) is 6.84. The molecule has 2 aliphatic rings. The number of esters is 1. The van der Waals surface area contributed by atoms with Gasteiger partial charge in [-0.05, 0) is 27.0 Å². The molecular weight excluding hydrogens is 356 g/mol. The lowest BCUT2D eigenvalue weighted by molar-refractivity contribution is -0.148. The third kappa shape index (κ3) is 2.84. The van der Waals surface area contributed by atoms with Crippen LogP contribution in [0, 0.1) is 12.8 Å². The number of likely N-dealkylation sites (tertiary alicyclic amines) is 1. The summed E-state index contributed by atoms with van der Waals surface area (Å²) in [6.45, 7) is 1.56. The molecule has 134 valence electrons. The number of thioether (sulfide) groups is 2. The van der Waals surface area contributed by atoms with Crippen molar-refractivity contribution in [3.05, 3.63) is 17.5 Å². The third-order valence-corrected chi connectivity index (χ3v) is 8.27. The quantitative estimate of drug-likeness (QED) is 0.752. The Hall–Kier alpha value is -0.800. The van der Waals surface area contributed by atoms with Crippen LogP contribution in [-0.2, 0) is 9.53 Å². The zero-order valence-electron chi connectivity index (χ0n) is 13.9. The molecule has 2 atom stereocenters. The van der Waals surface area contributed by atoms with E-state index < -0.39 is 12.5 Å². The summed E-state index contributed by atoms with van der Waals surface area (Å²) < 4.78 is 31.9. The molecule has 0 N–H and O–H groups in total. The standard InChI is InChI=1S/C15H21F2N3O2S2/c1-4-22-13(21)10-8-19(3)15(23-5-6-24-15)12(10)11-7-9(2)20(18-11)14(16)17/h7,10,12,14H,4-6,8H2,1-3H3/t10-,12-/m0/s1. The van der Waals surface area contributed by atoms with Crippen LogP contribution in [0.25, 0.3) is 0 Å². The normalized spacial score (nSPS) is 26.6. The molecule has 0 unspecified atom stereocenters. The molecule has 3 rings (SSSR count). The van der Waals surface area contributed by atoms with Crippen molar-refractivity contribution in [3.63, 3.8) is 0 Å². The van der Waals surface area contributed by atoms with Crippen molar-refractivity contribution >= 4 is 29.5 Å². The zero-order chi connectivity index (χ0) is 17.5. The van der Waals surface area contributed by atoms with Gasteiger partial charge in [-0.2, -0.15) is 13.9 Å². The topological polar surface area (TPSA) is 47.4 Å². The van der Waals surface area contributed by atoms with Crippen molar-refractivity contribution in [1.29, 1.82) is 0 Å². The van der Waals surface area contributed by atoms with Gasteiger partial charge in [0.2, 0.25) is 0 Å². The third-order valence-electron chi connectivity index (χ3n) is 4.53. The van der Waals surface area contributed by atoms with Crippen LogP contribution in [0.15, 0.2) is 6.07 Å². The van der Waals surface area contributed by atoms with Gasteiger partial charge in [-0.3, -0.25) is 9.69 Å². The minimum atomic E-state index is -2.68. The van der Waals surface area contributed by atoms with Gasteiger partial charge in [0.15, 0.2) is 0 Å². The summed E-state index contributed by atoms with van der Waals surface area (Å²) in [7, 11) is 1.98. The Labute approximate surface area is 148 Å². The Bertz CT molecular complexity index is 620. The van der Waals surface area contributed by atoms with E-state index in [0.717, 1.165) is 16.2 Å². The molecule has 5 nitrogen and oxygen atoms in total. The minimum Gasteiger partial charge on any atom is -0.466 e. The summed E-state index contributed by atoms with van der Waals surface area (Å²) >= 11 is 3.54. The van der Waals surface area contributed by atoms with E-state index in [9.17, 15) is 13.6 Å². The number of halogens is 2. The summed E-state index contributed by atoms with van der Waals surface area (Å²) in [5.41, 5.74) is 0.956. The Balaban J connectivity index is 2.03. The fourth-order valence-electron chi connectivity index (χ4n) is 3.55. The van der Waals surface area contributed by atoms with Crippen molar-refractivity contribution in [2.75, 3.05) is 31.7 Å². The Morgan fingerprint density at radius 3 is 2.71 bits per heavy atom. The molecule has 1 spiro atoms. The fraction of sp³-hybridized carbons (Fsp3) is 0.733. The molecule has 2 saturated heterocycles. The van der Waals surface area contributed by atoms with Crippen LogP contribution in [0.5, 0.6) is 0 Å². The maximum Gasteiger partial charge on any atom is 0.333 e. The molecule has 2 aliphatic heterocycles. The Morgan fingerprint density at radius 2 is 2.17 bits per heavy atom. The van der Waals surface area contributed by atoms with Gasteiger partial charge in [0.1, 0.15) is 4.20 Å². The van der Waals surface area contributed by atoms with Crippen molar-refractivity contribution in [2.45, 2.75) is 30.5 Å². The minimum absolute atomic E-state index is 0.266. The molecule has 9 heteroatoms. The predicted molar refractivity (Wildman–Crippen MR) is 91.4 cm³/mol. The number of likely N-dealkylation sites (N-methyl/N-ethyl adjacent to an activating group) is 1. The summed E-state index contributed by atoms with van der Waals surface area (Å²) in [6.07, 6.45) is 0. The number of alkyl halides is 2. The van der Waals surface area contributed by atoms with E-state index in [2.05, 4.69) is 10.00 Å². The van der Waals surface area contributed by atoms with Crippen LogP contribution in [0.3, 0.4) is 0 Å².